The molecule has 3 N–H and O–H groups in total. The van der Waals surface area contributed by atoms with Crippen LogP contribution in [0.25, 0.3) is 0 Å². The first-order chi connectivity index (χ1) is 10.0. The summed E-state index contributed by atoms with van der Waals surface area (Å²) >= 11 is 0. The number of amides is 1. The van der Waals surface area contributed by atoms with Gasteiger partial charge in [-0.15, -0.1) is 0 Å². The van der Waals surface area contributed by atoms with Gasteiger partial charge in [-0.2, -0.15) is 0 Å². The SMILES string of the molecule is NNC(=O)c1ccc(Cn2cc([N+](=O)[O-])ccc2=O)cc1. The van der Waals surface area contributed by atoms with Crippen LogP contribution in [0.5, 0.6) is 0 Å². The lowest BCUT2D eigenvalue weighted by Crippen LogP contribution is -2.29. The van der Waals surface area contributed by atoms with Gasteiger partial charge in [-0.1, -0.05) is 12.1 Å². The van der Waals surface area contributed by atoms with Gasteiger partial charge in [-0.3, -0.25) is 25.1 Å². The van der Waals surface area contributed by atoms with Gasteiger partial charge in [0.1, 0.15) is 0 Å². The number of nitro groups is 1. The normalized spacial score (nSPS) is 10.1. The maximum absolute atomic E-state index is 11.7. The molecule has 0 atom stereocenters. The molecule has 0 aliphatic rings. The second-order valence-corrected chi connectivity index (χ2v) is 4.28. The van der Waals surface area contributed by atoms with Crippen molar-refractivity contribution >= 4 is 11.6 Å². The van der Waals surface area contributed by atoms with Gasteiger partial charge in [0.2, 0.25) is 0 Å². The number of hydrazine groups is 1. The van der Waals surface area contributed by atoms with Crippen LogP contribution < -0.4 is 16.8 Å². The number of nitrogens with zero attached hydrogens (tertiary/aromatic N) is 2. The van der Waals surface area contributed by atoms with Crippen LogP contribution in [0, 0.1) is 10.1 Å². The Labute approximate surface area is 118 Å². The van der Waals surface area contributed by atoms with Crippen LogP contribution in [0.4, 0.5) is 5.69 Å². The van der Waals surface area contributed by atoms with Crippen LogP contribution in [0.1, 0.15) is 15.9 Å². The fourth-order valence-corrected chi connectivity index (χ4v) is 1.79. The molecule has 0 spiro atoms. The third kappa shape index (κ3) is 3.31. The van der Waals surface area contributed by atoms with E-state index in [1.165, 1.54) is 10.8 Å². The predicted octanol–water partition coefficient (Wildman–Crippen LogP) is 0.408. The number of carbonyl (C=O) groups excluding carboxylic acids is 1. The zero-order valence-electron chi connectivity index (χ0n) is 10.9. The molecule has 0 fully saturated rings. The average molecular weight is 288 g/mol. The number of benzene rings is 1. The van der Waals surface area contributed by atoms with E-state index in [9.17, 15) is 19.7 Å². The Bertz CT molecular complexity index is 737. The second kappa shape index (κ2) is 5.97. The minimum atomic E-state index is -0.565. The van der Waals surface area contributed by atoms with Crippen LogP contribution >= 0.6 is 0 Å². The zero-order chi connectivity index (χ0) is 15.4. The molecule has 108 valence electrons. The first-order valence-corrected chi connectivity index (χ1v) is 5.96. The topological polar surface area (TPSA) is 120 Å². The van der Waals surface area contributed by atoms with Crippen molar-refractivity contribution < 1.29 is 9.72 Å². The van der Waals surface area contributed by atoms with Crippen molar-refractivity contribution in [2.75, 3.05) is 0 Å². The molecule has 0 aliphatic carbocycles. The number of aromatic nitrogens is 1. The molecule has 1 heterocycles. The number of hydrogen-bond acceptors (Lipinski definition) is 5. The Morgan fingerprint density at radius 1 is 1.24 bits per heavy atom. The van der Waals surface area contributed by atoms with Crippen molar-refractivity contribution in [1.29, 1.82) is 0 Å². The van der Waals surface area contributed by atoms with Gasteiger partial charge in [-0.25, -0.2) is 5.84 Å². The molecular formula is C13H12N4O4. The fraction of sp³-hybridized carbons (Fsp3) is 0.0769. The number of nitrogen functional groups attached to an aromatic ring is 1. The average Bonchev–Trinajstić information content (AvgIpc) is 2.49. The van der Waals surface area contributed by atoms with E-state index in [0.717, 1.165) is 17.7 Å². The zero-order valence-corrected chi connectivity index (χ0v) is 10.9. The highest BCUT2D eigenvalue weighted by atomic mass is 16.6. The summed E-state index contributed by atoms with van der Waals surface area (Å²) in [6, 6.07) is 8.72. The predicted molar refractivity (Wildman–Crippen MR) is 74.6 cm³/mol. The molecule has 1 amide bonds. The van der Waals surface area contributed by atoms with Gasteiger partial charge in [-0.05, 0) is 17.7 Å². The van der Waals surface area contributed by atoms with Crippen molar-refractivity contribution in [2.45, 2.75) is 6.54 Å². The lowest BCUT2D eigenvalue weighted by atomic mass is 10.1. The molecule has 8 heteroatoms. The summed E-state index contributed by atoms with van der Waals surface area (Å²) in [5, 5.41) is 10.7. The highest BCUT2D eigenvalue weighted by molar-refractivity contribution is 5.93. The van der Waals surface area contributed by atoms with E-state index in [-0.39, 0.29) is 17.8 Å². The summed E-state index contributed by atoms with van der Waals surface area (Å²) in [6.45, 7) is 0.172. The molecular weight excluding hydrogens is 276 g/mol. The Hall–Kier alpha value is -3.00. The molecule has 1 aromatic carbocycles. The van der Waals surface area contributed by atoms with Crippen molar-refractivity contribution in [3.8, 4) is 0 Å². The summed E-state index contributed by atoms with van der Waals surface area (Å²) in [5.41, 5.74) is 2.62. The second-order valence-electron chi connectivity index (χ2n) is 4.28. The maximum atomic E-state index is 11.7. The Morgan fingerprint density at radius 3 is 2.48 bits per heavy atom. The highest BCUT2D eigenvalue weighted by Gasteiger charge is 2.08. The minimum absolute atomic E-state index is 0.159. The summed E-state index contributed by atoms with van der Waals surface area (Å²) in [5.74, 6) is 4.60. The maximum Gasteiger partial charge on any atom is 0.285 e. The van der Waals surface area contributed by atoms with Gasteiger partial charge >= 0.3 is 0 Å². The largest absolute Gasteiger partial charge is 0.304 e. The van der Waals surface area contributed by atoms with Gasteiger partial charge in [0.25, 0.3) is 17.2 Å². The van der Waals surface area contributed by atoms with Crippen molar-refractivity contribution in [3.05, 3.63) is 74.2 Å². The van der Waals surface area contributed by atoms with Gasteiger partial charge in [0, 0.05) is 17.7 Å². The van der Waals surface area contributed by atoms with E-state index in [1.54, 1.807) is 24.3 Å². The van der Waals surface area contributed by atoms with Crippen molar-refractivity contribution in [2.24, 2.45) is 5.84 Å². The van der Waals surface area contributed by atoms with E-state index in [0.29, 0.717) is 5.56 Å². The molecule has 0 radical (unpaired) electrons. The van der Waals surface area contributed by atoms with E-state index < -0.39 is 10.8 Å². The van der Waals surface area contributed by atoms with Crippen molar-refractivity contribution in [3.63, 3.8) is 0 Å². The molecule has 0 unspecified atom stereocenters. The minimum Gasteiger partial charge on any atom is -0.304 e. The summed E-state index contributed by atoms with van der Waals surface area (Å²) in [7, 11) is 0. The van der Waals surface area contributed by atoms with Crippen LogP contribution in [0.15, 0.2) is 47.4 Å². The molecule has 2 rings (SSSR count). The Morgan fingerprint density at radius 2 is 1.90 bits per heavy atom. The third-order valence-corrected chi connectivity index (χ3v) is 2.88. The number of hydrogen-bond donors (Lipinski definition) is 2. The van der Waals surface area contributed by atoms with E-state index in [1.807, 2.05) is 5.43 Å². The quantitative estimate of drug-likeness (QED) is 0.365. The summed E-state index contributed by atoms with van der Waals surface area (Å²) in [4.78, 5) is 33.1. The van der Waals surface area contributed by atoms with E-state index in [4.69, 9.17) is 5.84 Å². The molecule has 21 heavy (non-hydrogen) atoms. The van der Waals surface area contributed by atoms with Gasteiger partial charge in [0.15, 0.2) is 0 Å². The molecule has 2 aromatic rings. The fourth-order valence-electron chi connectivity index (χ4n) is 1.79. The van der Waals surface area contributed by atoms with Crippen LogP contribution in [-0.4, -0.2) is 15.4 Å². The van der Waals surface area contributed by atoms with Crippen LogP contribution in [-0.2, 0) is 6.54 Å². The third-order valence-electron chi connectivity index (χ3n) is 2.88. The summed E-state index contributed by atoms with van der Waals surface area (Å²) < 4.78 is 1.23. The molecule has 0 saturated carbocycles. The first kappa shape index (κ1) is 14.4. The number of pyridine rings is 1. The summed E-state index contributed by atoms with van der Waals surface area (Å²) in [6.07, 6.45) is 1.18. The molecule has 0 aliphatic heterocycles. The number of nitrogens with one attached hydrogen (secondary N) is 1. The standard InChI is InChI=1S/C13H12N4O4/c14-15-13(19)10-3-1-9(2-4-10)7-16-8-11(17(20)21)5-6-12(16)18/h1-6,8H,7,14H2,(H,15,19). The van der Waals surface area contributed by atoms with E-state index in [2.05, 4.69) is 0 Å². The number of carbonyl (C=O) groups is 1. The van der Waals surface area contributed by atoms with Crippen molar-refractivity contribution in [1.82, 2.24) is 9.99 Å². The molecule has 0 saturated heterocycles. The van der Waals surface area contributed by atoms with Gasteiger partial charge < -0.3 is 4.57 Å². The number of rotatable bonds is 4. The molecule has 0 bridgehead atoms. The highest BCUT2D eigenvalue weighted by Crippen LogP contribution is 2.09. The Balaban J connectivity index is 2.26. The van der Waals surface area contributed by atoms with Gasteiger partial charge in [0.05, 0.1) is 17.7 Å². The van der Waals surface area contributed by atoms with Crippen LogP contribution in [0.3, 0.4) is 0 Å². The van der Waals surface area contributed by atoms with Crippen LogP contribution in [0.2, 0.25) is 0 Å². The Kier molecular flexibility index (Phi) is 4.10. The molecule has 1 aromatic heterocycles. The monoisotopic (exact) mass is 288 g/mol. The lowest BCUT2D eigenvalue weighted by molar-refractivity contribution is -0.385. The first-order valence-electron chi connectivity index (χ1n) is 5.96. The lowest BCUT2D eigenvalue weighted by Gasteiger charge is -2.06. The molecule has 8 nitrogen and oxygen atoms in total. The van der Waals surface area contributed by atoms with E-state index >= 15 is 0 Å². The number of nitrogens with two attached hydrogens (primary N) is 1. The smallest absolute Gasteiger partial charge is 0.285 e.